The molecular formula is C66H44N2O. The normalized spacial score (nSPS) is 11.5. The number of hydrogen-bond donors (Lipinski definition) is 0. The van der Waals surface area contributed by atoms with Gasteiger partial charge in [0.2, 0.25) is 0 Å². The molecule has 0 spiro atoms. The van der Waals surface area contributed by atoms with Crippen molar-refractivity contribution in [1.82, 2.24) is 4.57 Å². The van der Waals surface area contributed by atoms with Crippen LogP contribution in [-0.2, 0) is 0 Å². The number of para-hydroxylation sites is 4. The van der Waals surface area contributed by atoms with Gasteiger partial charge in [-0.05, 0) is 117 Å². The number of aromatic nitrogens is 1. The molecule has 0 saturated carbocycles. The van der Waals surface area contributed by atoms with Crippen molar-refractivity contribution in [2.24, 2.45) is 0 Å². The van der Waals surface area contributed by atoms with Crippen LogP contribution in [-0.4, -0.2) is 4.57 Å². The number of benzene rings is 11. The average molecular weight is 881 g/mol. The lowest BCUT2D eigenvalue weighted by Crippen LogP contribution is -2.10. The Labute approximate surface area is 401 Å². The number of anilines is 3. The van der Waals surface area contributed by atoms with Gasteiger partial charge in [0.05, 0.1) is 11.0 Å². The fourth-order valence-corrected chi connectivity index (χ4v) is 10.5. The highest BCUT2D eigenvalue weighted by atomic mass is 16.3. The van der Waals surface area contributed by atoms with Gasteiger partial charge in [0.15, 0.2) is 0 Å². The van der Waals surface area contributed by atoms with Crippen molar-refractivity contribution >= 4 is 60.8 Å². The lowest BCUT2D eigenvalue weighted by atomic mass is 9.87. The Morgan fingerprint density at radius 1 is 0.261 bits per heavy atom. The zero-order chi connectivity index (χ0) is 45.7. The summed E-state index contributed by atoms with van der Waals surface area (Å²) in [4.78, 5) is 2.35. The van der Waals surface area contributed by atoms with Gasteiger partial charge in [-0.15, -0.1) is 0 Å². The van der Waals surface area contributed by atoms with Crippen LogP contribution in [0.5, 0.6) is 0 Å². The molecule has 0 unspecified atom stereocenters. The Hall–Kier alpha value is -9.18. The first-order valence-corrected chi connectivity index (χ1v) is 23.6. The minimum absolute atomic E-state index is 0.899. The molecule has 11 aromatic carbocycles. The van der Waals surface area contributed by atoms with E-state index in [1.54, 1.807) is 0 Å². The van der Waals surface area contributed by atoms with Crippen LogP contribution in [0.4, 0.5) is 17.1 Å². The third-order valence-electron chi connectivity index (χ3n) is 13.7. The summed E-state index contributed by atoms with van der Waals surface area (Å²) >= 11 is 0. The minimum Gasteiger partial charge on any atom is -0.455 e. The molecule has 69 heavy (non-hydrogen) atoms. The smallest absolute Gasteiger partial charge is 0.143 e. The van der Waals surface area contributed by atoms with Gasteiger partial charge < -0.3 is 13.9 Å². The standard InChI is InChI=1S/C66H44N2O/c1-2-17-45(18-3-1)52-19-4-6-21-55(52)57-23-8-9-24-58(57)56-22-7-5-20-53(56)46-33-37-48(38-34-46)67(49-39-35-47(36-40-49)54-28-16-29-62-61-27-12-15-32-65(61)69-66(54)62)50-41-43-51(44-42-50)68-63-30-13-10-25-59(63)60-26-11-14-31-64(60)68/h1-44H. The highest BCUT2D eigenvalue weighted by Crippen LogP contribution is 2.44. The number of furan rings is 1. The zero-order valence-electron chi connectivity index (χ0n) is 37.7. The number of nitrogens with zero attached hydrogens (tertiary/aromatic N) is 2. The summed E-state index contributed by atoms with van der Waals surface area (Å²) in [5, 5.41) is 4.75. The Bertz CT molecular complexity index is 3940. The summed E-state index contributed by atoms with van der Waals surface area (Å²) < 4.78 is 8.85. The van der Waals surface area contributed by atoms with E-state index in [0.717, 1.165) is 61.4 Å². The third kappa shape index (κ3) is 6.99. The maximum atomic E-state index is 6.47. The van der Waals surface area contributed by atoms with Gasteiger partial charge in [0, 0.05) is 49.9 Å². The van der Waals surface area contributed by atoms with Crippen LogP contribution >= 0.6 is 0 Å². The topological polar surface area (TPSA) is 21.3 Å². The second-order valence-electron chi connectivity index (χ2n) is 17.6. The van der Waals surface area contributed by atoms with Crippen molar-refractivity contribution < 1.29 is 4.42 Å². The molecule has 0 saturated heterocycles. The molecule has 0 aliphatic heterocycles. The number of rotatable bonds is 9. The molecule has 324 valence electrons. The zero-order valence-corrected chi connectivity index (χ0v) is 37.7. The Kier molecular flexibility index (Phi) is 9.84. The first-order valence-electron chi connectivity index (χ1n) is 23.6. The average Bonchev–Trinajstić information content (AvgIpc) is 3.98. The van der Waals surface area contributed by atoms with E-state index in [2.05, 4.69) is 264 Å². The molecule has 0 aliphatic carbocycles. The quantitative estimate of drug-likeness (QED) is 0.144. The van der Waals surface area contributed by atoms with Crippen LogP contribution in [0.2, 0.25) is 0 Å². The molecule has 0 atom stereocenters. The predicted octanol–water partition coefficient (Wildman–Crippen LogP) is 18.5. The monoisotopic (exact) mass is 880 g/mol. The summed E-state index contributed by atoms with van der Waals surface area (Å²) in [7, 11) is 0. The minimum atomic E-state index is 0.899. The first kappa shape index (κ1) is 40.1. The fourth-order valence-electron chi connectivity index (χ4n) is 10.5. The molecular weight excluding hydrogens is 837 g/mol. The number of hydrogen-bond acceptors (Lipinski definition) is 2. The van der Waals surface area contributed by atoms with Crippen molar-refractivity contribution in [3.8, 4) is 61.3 Å². The summed E-state index contributed by atoms with van der Waals surface area (Å²) in [6, 6.07) is 96.0. The molecule has 0 amide bonds. The lowest BCUT2D eigenvalue weighted by Gasteiger charge is -2.26. The van der Waals surface area contributed by atoms with Crippen LogP contribution in [0.15, 0.2) is 271 Å². The SMILES string of the molecule is c1ccc(-c2ccccc2-c2ccccc2-c2ccccc2-c2ccc(N(c3ccc(-c4cccc5c4oc4ccccc45)cc3)c3ccc(-n4c5ccccc5c5ccccc54)cc3)cc2)cc1. The van der Waals surface area contributed by atoms with Gasteiger partial charge in [0.25, 0.3) is 0 Å². The third-order valence-corrected chi connectivity index (χ3v) is 13.7. The first-order chi connectivity index (χ1) is 34.2. The number of fused-ring (bicyclic) bond motifs is 6. The largest absolute Gasteiger partial charge is 0.455 e. The molecule has 3 heteroatoms. The van der Waals surface area contributed by atoms with Crippen molar-refractivity contribution in [2.75, 3.05) is 4.90 Å². The predicted molar refractivity (Wildman–Crippen MR) is 290 cm³/mol. The van der Waals surface area contributed by atoms with Crippen LogP contribution in [0.25, 0.3) is 105 Å². The second-order valence-corrected chi connectivity index (χ2v) is 17.6. The molecule has 2 heterocycles. The molecule has 13 aromatic rings. The summed E-state index contributed by atoms with van der Waals surface area (Å²) in [5.41, 5.74) is 20.2. The van der Waals surface area contributed by atoms with Gasteiger partial charge in [-0.25, -0.2) is 0 Å². The molecule has 0 radical (unpaired) electrons. The molecule has 3 nitrogen and oxygen atoms in total. The fraction of sp³-hybridized carbons (Fsp3) is 0. The van der Waals surface area contributed by atoms with E-state index in [9.17, 15) is 0 Å². The van der Waals surface area contributed by atoms with Crippen LogP contribution < -0.4 is 4.90 Å². The van der Waals surface area contributed by atoms with E-state index in [1.807, 2.05) is 12.1 Å². The van der Waals surface area contributed by atoms with E-state index in [4.69, 9.17) is 4.42 Å². The van der Waals surface area contributed by atoms with E-state index < -0.39 is 0 Å². The van der Waals surface area contributed by atoms with Crippen LogP contribution in [0.1, 0.15) is 0 Å². The molecule has 2 aromatic heterocycles. The van der Waals surface area contributed by atoms with Crippen molar-refractivity contribution in [2.45, 2.75) is 0 Å². The van der Waals surface area contributed by atoms with E-state index in [1.165, 1.54) is 60.8 Å². The molecule has 0 fully saturated rings. The molecule has 0 aliphatic rings. The highest BCUT2D eigenvalue weighted by molar-refractivity contribution is 6.10. The van der Waals surface area contributed by atoms with Crippen molar-refractivity contribution in [3.63, 3.8) is 0 Å². The van der Waals surface area contributed by atoms with Gasteiger partial charge in [-0.1, -0.05) is 200 Å². The Balaban J connectivity index is 0.905. The van der Waals surface area contributed by atoms with Gasteiger partial charge in [-0.3, -0.25) is 0 Å². The van der Waals surface area contributed by atoms with Gasteiger partial charge in [0.1, 0.15) is 11.2 Å². The maximum Gasteiger partial charge on any atom is 0.143 e. The van der Waals surface area contributed by atoms with E-state index in [-0.39, 0.29) is 0 Å². The second kappa shape index (κ2) is 16.9. The van der Waals surface area contributed by atoms with E-state index in [0.29, 0.717) is 0 Å². The highest BCUT2D eigenvalue weighted by Gasteiger charge is 2.19. The van der Waals surface area contributed by atoms with Crippen molar-refractivity contribution in [3.05, 3.63) is 267 Å². The molecule has 13 rings (SSSR count). The Morgan fingerprint density at radius 3 is 1.19 bits per heavy atom. The maximum absolute atomic E-state index is 6.47. The van der Waals surface area contributed by atoms with Gasteiger partial charge in [-0.2, -0.15) is 0 Å². The molecule has 0 bridgehead atoms. The lowest BCUT2D eigenvalue weighted by molar-refractivity contribution is 0.670. The summed E-state index contributed by atoms with van der Waals surface area (Å²) in [6.45, 7) is 0. The van der Waals surface area contributed by atoms with E-state index >= 15 is 0 Å². The van der Waals surface area contributed by atoms with Crippen molar-refractivity contribution in [1.29, 1.82) is 0 Å². The summed E-state index contributed by atoms with van der Waals surface area (Å²) in [5.74, 6) is 0. The van der Waals surface area contributed by atoms with Crippen LogP contribution in [0, 0.1) is 0 Å². The van der Waals surface area contributed by atoms with Crippen LogP contribution in [0.3, 0.4) is 0 Å². The van der Waals surface area contributed by atoms with Gasteiger partial charge >= 0.3 is 0 Å². The molecule has 0 N–H and O–H groups in total. The Morgan fingerprint density at radius 2 is 0.638 bits per heavy atom. The summed E-state index contributed by atoms with van der Waals surface area (Å²) in [6.07, 6.45) is 0.